The molecule has 0 saturated heterocycles. The van der Waals surface area contributed by atoms with E-state index in [4.69, 9.17) is 4.74 Å². The highest BCUT2D eigenvalue weighted by Crippen LogP contribution is 2.35. The molecule has 1 aliphatic rings. The van der Waals surface area contributed by atoms with Gasteiger partial charge >= 0.3 is 6.18 Å². The van der Waals surface area contributed by atoms with Crippen molar-refractivity contribution in [2.45, 2.75) is 20.0 Å². The third kappa shape index (κ3) is 3.01. The Hall–Kier alpha value is -1.46. The topological polar surface area (TPSA) is 25.4 Å². The van der Waals surface area contributed by atoms with Crippen LogP contribution >= 0.6 is 0 Å². The number of fused-ring (bicyclic) bond motifs is 1. The van der Waals surface area contributed by atoms with Crippen molar-refractivity contribution < 1.29 is 17.9 Å². The Morgan fingerprint density at radius 1 is 1.35 bits per heavy atom. The summed E-state index contributed by atoms with van der Waals surface area (Å²) < 4.78 is 42.3. The Balaban J connectivity index is 0.000000686. The number of alkyl halides is 3. The maximum atomic E-state index is 12.4. The summed E-state index contributed by atoms with van der Waals surface area (Å²) in [5.74, 6) is 0.261. The van der Waals surface area contributed by atoms with Crippen molar-refractivity contribution in [3.63, 3.8) is 0 Å². The first-order valence-corrected chi connectivity index (χ1v) is 5.39. The van der Waals surface area contributed by atoms with Crippen molar-refractivity contribution in [1.82, 2.24) is 4.98 Å². The molecule has 3 nitrogen and oxygen atoms in total. The lowest BCUT2D eigenvalue weighted by molar-refractivity contribution is -0.137. The Bertz CT molecular complexity index is 379. The molecule has 0 fully saturated rings. The summed E-state index contributed by atoms with van der Waals surface area (Å²) in [6.07, 6.45) is -3.57. The first-order valence-electron chi connectivity index (χ1n) is 5.39. The second-order valence-electron chi connectivity index (χ2n) is 3.32. The van der Waals surface area contributed by atoms with Gasteiger partial charge in [0, 0.05) is 13.2 Å². The number of ether oxygens (including phenoxy) is 1. The van der Waals surface area contributed by atoms with Gasteiger partial charge in [0.1, 0.15) is 12.3 Å². The molecule has 1 aromatic heterocycles. The van der Waals surface area contributed by atoms with Crippen LogP contribution in [0.25, 0.3) is 0 Å². The van der Waals surface area contributed by atoms with Crippen LogP contribution in [0.2, 0.25) is 0 Å². The average molecular weight is 248 g/mol. The van der Waals surface area contributed by atoms with Crippen molar-refractivity contribution in [2.75, 3.05) is 25.1 Å². The predicted molar refractivity (Wildman–Crippen MR) is 59.4 cm³/mol. The first-order chi connectivity index (χ1) is 7.98. The SMILES string of the molecule is CC.CN1CCOc2ncc(C(F)(F)F)cc21. The fourth-order valence-corrected chi connectivity index (χ4v) is 1.38. The quantitative estimate of drug-likeness (QED) is 0.705. The molecule has 6 heteroatoms. The van der Waals surface area contributed by atoms with E-state index in [1.807, 2.05) is 13.8 Å². The largest absolute Gasteiger partial charge is 0.474 e. The molecule has 0 radical (unpaired) electrons. The maximum absolute atomic E-state index is 12.4. The van der Waals surface area contributed by atoms with Crippen molar-refractivity contribution in [1.29, 1.82) is 0 Å². The summed E-state index contributed by atoms with van der Waals surface area (Å²) in [7, 11) is 1.71. The van der Waals surface area contributed by atoms with Crippen LogP contribution in [0.15, 0.2) is 12.3 Å². The third-order valence-corrected chi connectivity index (χ3v) is 2.24. The highest BCUT2D eigenvalue weighted by atomic mass is 19.4. The molecule has 0 N–H and O–H groups in total. The monoisotopic (exact) mass is 248 g/mol. The van der Waals surface area contributed by atoms with Crippen LogP contribution in [0.3, 0.4) is 0 Å². The van der Waals surface area contributed by atoms with Gasteiger partial charge in [-0.25, -0.2) is 4.98 Å². The van der Waals surface area contributed by atoms with Crippen LogP contribution in [-0.2, 0) is 6.18 Å². The zero-order valence-electron chi connectivity index (χ0n) is 10.0. The van der Waals surface area contributed by atoms with E-state index in [1.165, 1.54) is 0 Å². The Morgan fingerprint density at radius 2 is 2.00 bits per heavy atom. The van der Waals surface area contributed by atoms with Crippen LogP contribution in [-0.4, -0.2) is 25.2 Å². The molecule has 0 spiro atoms. The van der Waals surface area contributed by atoms with Gasteiger partial charge < -0.3 is 9.64 Å². The van der Waals surface area contributed by atoms with Crippen molar-refractivity contribution in [2.24, 2.45) is 0 Å². The van der Waals surface area contributed by atoms with Crippen LogP contribution < -0.4 is 9.64 Å². The molecule has 0 unspecified atom stereocenters. The molecule has 0 atom stereocenters. The lowest BCUT2D eigenvalue weighted by atomic mass is 10.2. The van der Waals surface area contributed by atoms with Gasteiger partial charge in [-0.3, -0.25) is 0 Å². The summed E-state index contributed by atoms with van der Waals surface area (Å²) in [5, 5.41) is 0. The second-order valence-corrected chi connectivity index (χ2v) is 3.32. The van der Waals surface area contributed by atoms with E-state index >= 15 is 0 Å². The lowest BCUT2D eigenvalue weighted by Gasteiger charge is -2.27. The Labute approximate surface area is 98.2 Å². The zero-order chi connectivity index (χ0) is 13.1. The van der Waals surface area contributed by atoms with E-state index in [2.05, 4.69) is 4.98 Å². The number of likely N-dealkylation sites (N-methyl/N-ethyl adjacent to an activating group) is 1. The molecular formula is C11H15F3N2O. The standard InChI is InChI=1S/C9H9F3N2O.C2H6/c1-14-2-3-15-8-7(14)4-6(5-13-8)9(10,11)12;1-2/h4-5H,2-3H2,1H3;1-2H3. The summed E-state index contributed by atoms with van der Waals surface area (Å²) in [6, 6.07) is 1.06. The third-order valence-electron chi connectivity index (χ3n) is 2.24. The predicted octanol–water partition coefficient (Wildman–Crippen LogP) is 2.96. The number of halogens is 3. The van der Waals surface area contributed by atoms with Gasteiger partial charge in [-0.05, 0) is 6.07 Å². The van der Waals surface area contributed by atoms with Crippen LogP contribution in [0.5, 0.6) is 5.88 Å². The Morgan fingerprint density at radius 3 is 2.59 bits per heavy atom. The van der Waals surface area contributed by atoms with Crippen molar-refractivity contribution in [3.05, 3.63) is 17.8 Å². The summed E-state index contributed by atoms with van der Waals surface area (Å²) in [5.41, 5.74) is -0.366. The smallest absolute Gasteiger partial charge is 0.417 e. The van der Waals surface area contributed by atoms with Gasteiger partial charge in [-0.2, -0.15) is 13.2 Å². The van der Waals surface area contributed by atoms with Gasteiger partial charge in [0.05, 0.1) is 12.1 Å². The number of hydrogen-bond acceptors (Lipinski definition) is 3. The molecule has 96 valence electrons. The minimum Gasteiger partial charge on any atom is -0.474 e. The molecule has 0 bridgehead atoms. The van der Waals surface area contributed by atoms with Crippen molar-refractivity contribution in [3.8, 4) is 5.88 Å². The molecule has 1 aromatic rings. The molecule has 0 aliphatic carbocycles. The molecule has 0 amide bonds. The summed E-state index contributed by atoms with van der Waals surface area (Å²) in [4.78, 5) is 5.35. The molecule has 17 heavy (non-hydrogen) atoms. The minimum atomic E-state index is -4.36. The molecule has 0 aromatic carbocycles. The number of rotatable bonds is 0. The molecule has 2 heterocycles. The number of nitrogens with zero attached hydrogens (tertiary/aromatic N) is 2. The van der Waals surface area contributed by atoms with Crippen LogP contribution in [0.4, 0.5) is 18.9 Å². The van der Waals surface area contributed by atoms with Gasteiger partial charge in [0.2, 0.25) is 5.88 Å². The van der Waals surface area contributed by atoms with Crippen LogP contribution in [0.1, 0.15) is 19.4 Å². The van der Waals surface area contributed by atoms with E-state index in [9.17, 15) is 13.2 Å². The van der Waals surface area contributed by atoms with Gasteiger partial charge in [0.25, 0.3) is 0 Å². The highest BCUT2D eigenvalue weighted by Gasteiger charge is 2.32. The van der Waals surface area contributed by atoms with Crippen molar-refractivity contribution >= 4 is 5.69 Å². The lowest BCUT2D eigenvalue weighted by Crippen LogP contribution is -2.29. The Kier molecular flexibility index (Phi) is 4.20. The second kappa shape index (κ2) is 5.25. The highest BCUT2D eigenvalue weighted by molar-refractivity contribution is 5.57. The van der Waals surface area contributed by atoms with E-state index in [-0.39, 0.29) is 5.88 Å². The first kappa shape index (κ1) is 13.6. The average Bonchev–Trinajstić information content (AvgIpc) is 2.30. The molecule has 2 rings (SSSR count). The number of hydrogen-bond donors (Lipinski definition) is 0. The molecular weight excluding hydrogens is 233 g/mol. The maximum Gasteiger partial charge on any atom is 0.417 e. The van der Waals surface area contributed by atoms with E-state index < -0.39 is 11.7 Å². The number of aromatic nitrogens is 1. The zero-order valence-corrected chi connectivity index (χ0v) is 10.0. The van der Waals surface area contributed by atoms with E-state index in [1.54, 1.807) is 11.9 Å². The van der Waals surface area contributed by atoms with Crippen LogP contribution in [0, 0.1) is 0 Å². The fraction of sp³-hybridized carbons (Fsp3) is 0.545. The summed E-state index contributed by atoms with van der Waals surface area (Å²) >= 11 is 0. The van der Waals surface area contributed by atoms with E-state index in [0.29, 0.717) is 18.8 Å². The minimum absolute atomic E-state index is 0.261. The number of pyridine rings is 1. The summed E-state index contributed by atoms with van der Waals surface area (Å²) in [6.45, 7) is 5.01. The molecule has 1 aliphatic heterocycles. The van der Waals surface area contributed by atoms with E-state index in [0.717, 1.165) is 12.3 Å². The van der Waals surface area contributed by atoms with Gasteiger partial charge in [-0.1, -0.05) is 13.8 Å². The van der Waals surface area contributed by atoms with Gasteiger partial charge in [-0.15, -0.1) is 0 Å². The normalized spacial score (nSPS) is 14.4. The molecule has 0 saturated carbocycles. The number of anilines is 1. The van der Waals surface area contributed by atoms with Gasteiger partial charge in [0.15, 0.2) is 0 Å². The fourth-order valence-electron chi connectivity index (χ4n) is 1.38.